The lowest BCUT2D eigenvalue weighted by atomic mass is 10.0. The van der Waals surface area contributed by atoms with Crippen molar-refractivity contribution in [1.29, 1.82) is 0 Å². The highest BCUT2D eigenvalue weighted by Crippen LogP contribution is 2.13. The Labute approximate surface area is 186 Å². The summed E-state index contributed by atoms with van der Waals surface area (Å²) in [5, 5.41) is 2.82. The number of amides is 3. The van der Waals surface area contributed by atoms with Gasteiger partial charge in [0.15, 0.2) is 5.76 Å². The third-order valence-corrected chi connectivity index (χ3v) is 5.53. The van der Waals surface area contributed by atoms with Crippen LogP contribution in [0.15, 0.2) is 83.5 Å². The SMILES string of the molecule is O=C(N[C@@H](Cc1ccccc1)C(=O)N1CCN(C(=O)c2ccccc2)CC1)c1ccco1. The number of piperazine rings is 1. The van der Waals surface area contributed by atoms with Crippen LogP contribution in [0.5, 0.6) is 0 Å². The fraction of sp³-hybridized carbons (Fsp3) is 0.240. The van der Waals surface area contributed by atoms with Gasteiger partial charge in [-0.1, -0.05) is 48.5 Å². The molecule has 0 spiro atoms. The minimum atomic E-state index is -0.730. The van der Waals surface area contributed by atoms with Crippen LogP contribution in [0.25, 0.3) is 0 Å². The number of carbonyl (C=O) groups is 3. The van der Waals surface area contributed by atoms with Gasteiger partial charge in [0.25, 0.3) is 11.8 Å². The van der Waals surface area contributed by atoms with Gasteiger partial charge in [-0.25, -0.2) is 0 Å². The maximum Gasteiger partial charge on any atom is 0.287 e. The summed E-state index contributed by atoms with van der Waals surface area (Å²) in [5.74, 6) is -0.471. The number of hydrogen-bond donors (Lipinski definition) is 1. The summed E-state index contributed by atoms with van der Waals surface area (Å²) in [6.07, 6.45) is 1.79. The predicted molar refractivity (Wildman–Crippen MR) is 119 cm³/mol. The standard InChI is InChI=1S/C25H25N3O4/c29-23(22-12-7-17-32-22)26-21(18-19-8-3-1-4-9-19)25(31)28-15-13-27(14-16-28)24(30)20-10-5-2-6-11-20/h1-12,17,21H,13-16,18H2,(H,26,29)/t21-/m0/s1. The highest BCUT2D eigenvalue weighted by molar-refractivity contribution is 5.96. The van der Waals surface area contributed by atoms with E-state index < -0.39 is 11.9 Å². The first kappa shape index (κ1) is 21.4. The maximum atomic E-state index is 13.3. The Bertz CT molecular complexity index is 1040. The molecule has 1 aliphatic heterocycles. The number of carbonyl (C=O) groups excluding carboxylic acids is 3. The Hall–Kier alpha value is -3.87. The van der Waals surface area contributed by atoms with E-state index in [4.69, 9.17) is 4.42 Å². The Morgan fingerprint density at radius 1 is 0.812 bits per heavy atom. The minimum absolute atomic E-state index is 0.0374. The van der Waals surface area contributed by atoms with Crippen molar-refractivity contribution in [2.24, 2.45) is 0 Å². The second-order valence-electron chi connectivity index (χ2n) is 7.68. The summed E-state index contributed by atoms with van der Waals surface area (Å²) in [6, 6.07) is 21.2. The lowest BCUT2D eigenvalue weighted by molar-refractivity contribution is -0.134. The molecule has 1 aliphatic rings. The molecule has 2 aromatic carbocycles. The van der Waals surface area contributed by atoms with Crippen molar-refractivity contribution >= 4 is 17.7 Å². The van der Waals surface area contributed by atoms with Crippen molar-refractivity contribution in [2.75, 3.05) is 26.2 Å². The molecule has 0 saturated carbocycles. The number of furan rings is 1. The molecule has 0 unspecified atom stereocenters. The summed E-state index contributed by atoms with van der Waals surface area (Å²) < 4.78 is 5.17. The van der Waals surface area contributed by atoms with E-state index in [-0.39, 0.29) is 17.6 Å². The highest BCUT2D eigenvalue weighted by atomic mass is 16.3. The summed E-state index contributed by atoms with van der Waals surface area (Å²) in [4.78, 5) is 42.0. The number of nitrogens with one attached hydrogen (secondary N) is 1. The molecule has 0 aliphatic carbocycles. The van der Waals surface area contributed by atoms with Crippen LogP contribution in [0.2, 0.25) is 0 Å². The molecule has 0 bridgehead atoms. The molecule has 7 nitrogen and oxygen atoms in total. The van der Waals surface area contributed by atoms with Crippen LogP contribution >= 0.6 is 0 Å². The predicted octanol–water partition coefficient (Wildman–Crippen LogP) is 2.61. The zero-order valence-electron chi connectivity index (χ0n) is 17.6. The van der Waals surface area contributed by atoms with E-state index in [1.165, 1.54) is 6.26 Å². The minimum Gasteiger partial charge on any atom is -0.459 e. The van der Waals surface area contributed by atoms with E-state index in [2.05, 4.69) is 5.32 Å². The lowest BCUT2D eigenvalue weighted by Gasteiger charge is -2.36. The molecule has 3 aromatic rings. The van der Waals surface area contributed by atoms with Crippen molar-refractivity contribution in [3.63, 3.8) is 0 Å². The van der Waals surface area contributed by atoms with E-state index >= 15 is 0 Å². The number of rotatable bonds is 6. The first-order valence-corrected chi connectivity index (χ1v) is 10.6. The molecule has 4 rings (SSSR count). The summed E-state index contributed by atoms with van der Waals surface area (Å²) in [5.41, 5.74) is 1.59. The number of nitrogens with zero attached hydrogens (tertiary/aromatic N) is 2. The van der Waals surface area contributed by atoms with Crippen LogP contribution in [-0.2, 0) is 11.2 Å². The molecular weight excluding hydrogens is 406 g/mol. The molecule has 3 amide bonds. The molecule has 2 heterocycles. The van der Waals surface area contributed by atoms with Crippen molar-refractivity contribution in [2.45, 2.75) is 12.5 Å². The third kappa shape index (κ3) is 5.06. The molecule has 32 heavy (non-hydrogen) atoms. The van der Waals surface area contributed by atoms with Gasteiger partial charge in [-0.3, -0.25) is 14.4 Å². The molecule has 1 atom stereocenters. The second kappa shape index (κ2) is 9.96. The van der Waals surface area contributed by atoms with Crippen molar-refractivity contribution in [3.8, 4) is 0 Å². The van der Waals surface area contributed by atoms with E-state index in [0.29, 0.717) is 38.2 Å². The van der Waals surface area contributed by atoms with Crippen LogP contribution in [0.4, 0.5) is 0 Å². The van der Waals surface area contributed by atoms with Gasteiger partial charge in [0.05, 0.1) is 6.26 Å². The second-order valence-corrected chi connectivity index (χ2v) is 7.68. The molecule has 1 aromatic heterocycles. The normalized spacial score (nSPS) is 14.6. The van der Waals surface area contributed by atoms with Gasteiger partial charge in [-0.15, -0.1) is 0 Å². The van der Waals surface area contributed by atoms with Gasteiger partial charge < -0.3 is 19.5 Å². The maximum absolute atomic E-state index is 13.3. The fourth-order valence-corrected chi connectivity index (χ4v) is 3.80. The largest absolute Gasteiger partial charge is 0.459 e. The van der Waals surface area contributed by atoms with Crippen LogP contribution in [0.1, 0.15) is 26.5 Å². The Morgan fingerprint density at radius 2 is 1.44 bits per heavy atom. The molecule has 1 N–H and O–H groups in total. The molecule has 1 saturated heterocycles. The first-order chi connectivity index (χ1) is 15.6. The van der Waals surface area contributed by atoms with Crippen LogP contribution < -0.4 is 5.32 Å². The molecular formula is C25H25N3O4. The van der Waals surface area contributed by atoms with Crippen LogP contribution in [0, 0.1) is 0 Å². The van der Waals surface area contributed by atoms with Crippen LogP contribution in [-0.4, -0.2) is 59.7 Å². The van der Waals surface area contributed by atoms with Crippen molar-refractivity contribution in [3.05, 3.63) is 95.9 Å². The van der Waals surface area contributed by atoms with E-state index in [0.717, 1.165) is 5.56 Å². The molecule has 7 heteroatoms. The van der Waals surface area contributed by atoms with E-state index in [1.54, 1.807) is 34.1 Å². The van der Waals surface area contributed by atoms with Crippen LogP contribution in [0.3, 0.4) is 0 Å². The number of benzene rings is 2. The van der Waals surface area contributed by atoms with Gasteiger partial charge in [0, 0.05) is 38.2 Å². The number of hydrogen-bond acceptors (Lipinski definition) is 4. The zero-order chi connectivity index (χ0) is 22.3. The summed E-state index contributed by atoms with van der Waals surface area (Å²) >= 11 is 0. The molecule has 164 valence electrons. The Morgan fingerprint density at radius 3 is 2.06 bits per heavy atom. The van der Waals surface area contributed by atoms with Crippen molar-refractivity contribution in [1.82, 2.24) is 15.1 Å². The summed E-state index contributed by atoms with van der Waals surface area (Å²) in [7, 11) is 0. The fourth-order valence-electron chi connectivity index (χ4n) is 3.80. The third-order valence-electron chi connectivity index (χ3n) is 5.53. The Kier molecular flexibility index (Phi) is 6.65. The van der Waals surface area contributed by atoms with E-state index in [9.17, 15) is 14.4 Å². The monoisotopic (exact) mass is 431 g/mol. The van der Waals surface area contributed by atoms with Gasteiger partial charge in [0.2, 0.25) is 5.91 Å². The van der Waals surface area contributed by atoms with Crippen molar-refractivity contribution < 1.29 is 18.8 Å². The first-order valence-electron chi connectivity index (χ1n) is 10.6. The topological polar surface area (TPSA) is 82.9 Å². The highest BCUT2D eigenvalue weighted by Gasteiger charge is 2.31. The zero-order valence-corrected chi connectivity index (χ0v) is 17.6. The smallest absolute Gasteiger partial charge is 0.287 e. The quantitative estimate of drug-likeness (QED) is 0.650. The average Bonchev–Trinajstić information content (AvgIpc) is 3.39. The lowest BCUT2D eigenvalue weighted by Crippen LogP contribution is -2.56. The Balaban J connectivity index is 1.42. The average molecular weight is 431 g/mol. The van der Waals surface area contributed by atoms with Gasteiger partial charge in [-0.05, 0) is 29.8 Å². The van der Waals surface area contributed by atoms with E-state index in [1.807, 2.05) is 48.5 Å². The van der Waals surface area contributed by atoms with Gasteiger partial charge in [-0.2, -0.15) is 0 Å². The summed E-state index contributed by atoms with van der Waals surface area (Å²) in [6.45, 7) is 1.73. The van der Waals surface area contributed by atoms with Gasteiger partial charge in [0.1, 0.15) is 6.04 Å². The van der Waals surface area contributed by atoms with Gasteiger partial charge >= 0.3 is 0 Å². The molecule has 1 fully saturated rings. The molecule has 0 radical (unpaired) electrons.